The Hall–Kier alpha value is -0.0900. The van der Waals surface area contributed by atoms with Crippen LogP contribution in [0.15, 0.2) is 0 Å². The van der Waals surface area contributed by atoms with E-state index in [0.717, 1.165) is 12.8 Å². The van der Waals surface area contributed by atoms with Crippen LogP contribution in [-0.2, 0) is 10.0 Å². The molecule has 4 heteroatoms. The lowest BCUT2D eigenvalue weighted by Gasteiger charge is -2.17. The zero-order valence-corrected chi connectivity index (χ0v) is 9.87. The minimum absolute atomic E-state index is 0.169. The standard InChI is InChI=1S/C9H21NO2S/c1-5-13(11,12)10-8-6-7-9(2,3)4/h10H,5-8H2,1-4H3. The first-order valence-corrected chi connectivity index (χ1v) is 6.39. The predicted octanol–water partition coefficient (Wildman–Crippen LogP) is 1.75. The molecule has 0 saturated carbocycles. The van der Waals surface area contributed by atoms with Crippen molar-refractivity contribution in [3.8, 4) is 0 Å². The molecule has 0 spiro atoms. The van der Waals surface area contributed by atoms with Gasteiger partial charge in [-0.3, -0.25) is 0 Å². The van der Waals surface area contributed by atoms with Gasteiger partial charge in [0.2, 0.25) is 10.0 Å². The molecular formula is C9H21NO2S. The first-order chi connectivity index (χ1) is 5.77. The van der Waals surface area contributed by atoms with E-state index < -0.39 is 10.0 Å². The molecule has 3 nitrogen and oxygen atoms in total. The Balaban J connectivity index is 3.59. The van der Waals surface area contributed by atoms with Crippen LogP contribution in [0.5, 0.6) is 0 Å². The summed E-state index contributed by atoms with van der Waals surface area (Å²) in [6.45, 7) is 8.67. The van der Waals surface area contributed by atoms with Gasteiger partial charge in [0.05, 0.1) is 5.75 Å². The van der Waals surface area contributed by atoms with E-state index in [0.29, 0.717) is 6.54 Å². The Morgan fingerprint density at radius 3 is 2.15 bits per heavy atom. The van der Waals surface area contributed by atoms with Crippen LogP contribution in [0.25, 0.3) is 0 Å². The summed E-state index contributed by atoms with van der Waals surface area (Å²) in [7, 11) is -2.99. The lowest BCUT2D eigenvalue weighted by atomic mass is 9.91. The SMILES string of the molecule is CCS(=O)(=O)NCCCC(C)(C)C. The lowest BCUT2D eigenvalue weighted by molar-refractivity contribution is 0.365. The summed E-state index contributed by atoms with van der Waals surface area (Å²) in [6, 6.07) is 0. The topological polar surface area (TPSA) is 46.2 Å². The normalized spacial score (nSPS) is 13.2. The van der Waals surface area contributed by atoms with E-state index in [4.69, 9.17) is 0 Å². The van der Waals surface area contributed by atoms with Crippen molar-refractivity contribution in [3.05, 3.63) is 0 Å². The molecule has 0 heterocycles. The summed E-state index contributed by atoms with van der Waals surface area (Å²) in [5.74, 6) is 0.169. The second kappa shape index (κ2) is 4.96. The molecule has 0 aromatic carbocycles. The molecule has 0 amide bonds. The highest BCUT2D eigenvalue weighted by atomic mass is 32.2. The average molecular weight is 207 g/mol. The Morgan fingerprint density at radius 1 is 1.23 bits per heavy atom. The monoisotopic (exact) mass is 207 g/mol. The molecule has 0 aromatic rings. The largest absolute Gasteiger partial charge is 0.215 e. The van der Waals surface area contributed by atoms with Crippen LogP contribution < -0.4 is 4.72 Å². The number of sulfonamides is 1. The summed E-state index contributed by atoms with van der Waals surface area (Å²) < 4.78 is 24.6. The summed E-state index contributed by atoms with van der Waals surface area (Å²) >= 11 is 0. The third-order valence-corrected chi connectivity index (χ3v) is 3.21. The number of rotatable bonds is 5. The molecule has 0 atom stereocenters. The van der Waals surface area contributed by atoms with Gasteiger partial charge in [-0.1, -0.05) is 20.8 Å². The summed E-state index contributed by atoms with van der Waals surface area (Å²) in [6.07, 6.45) is 1.95. The van der Waals surface area contributed by atoms with E-state index in [-0.39, 0.29) is 11.2 Å². The molecule has 0 radical (unpaired) electrons. The van der Waals surface area contributed by atoms with Crippen molar-refractivity contribution in [1.82, 2.24) is 4.72 Å². The molecule has 0 rings (SSSR count). The van der Waals surface area contributed by atoms with Crippen LogP contribution in [0.1, 0.15) is 40.5 Å². The van der Waals surface area contributed by atoms with Gasteiger partial charge in [-0.15, -0.1) is 0 Å². The third kappa shape index (κ3) is 8.25. The quantitative estimate of drug-likeness (QED) is 0.698. The molecule has 0 unspecified atom stereocenters. The fourth-order valence-corrected chi connectivity index (χ4v) is 1.61. The van der Waals surface area contributed by atoms with Gasteiger partial charge in [0.15, 0.2) is 0 Å². The van der Waals surface area contributed by atoms with Crippen molar-refractivity contribution in [2.24, 2.45) is 5.41 Å². The van der Waals surface area contributed by atoms with Crippen LogP contribution in [0.4, 0.5) is 0 Å². The molecular weight excluding hydrogens is 186 g/mol. The van der Waals surface area contributed by atoms with Gasteiger partial charge in [-0.2, -0.15) is 0 Å². The van der Waals surface area contributed by atoms with Crippen molar-refractivity contribution >= 4 is 10.0 Å². The van der Waals surface area contributed by atoms with E-state index in [9.17, 15) is 8.42 Å². The van der Waals surface area contributed by atoms with Gasteiger partial charge in [-0.05, 0) is 25.2 Å². The van der Waals surface area contributed by atoms with Crippen LogP contribution in [0.2, 0.25) is 0 Å². The molecule has 80 valence electrons. The highest BCUT2D eigenvalue weighted by molar-refractivity contribution is 7.89. The van der Waals surface area contributed by atoms with Gasteiger partial charge in [0.1, 0.15) is 0 Å². The highest BCUT2D eigenvalue weighted by Gasteiger charge is 2.10. The minimum atomic E-state index is -2.99. The number of nitrogens with one attached hydrogen (secondary N) is 1. The first kappa shape index (κ1) is 12.9. The average Bonchev–Trinajstić information content (AvgIpc) is 1.97. The van der Waals surface area contributed by atoms with Crippen molar-refractivity contribution in [2.75, 3.05) is 12.3 Å². The molecule has 0 aliphatic rings. The van der Waals surface area contributed by atoms with Crippen molar-refractivity contribution in [1.29, 1.82) is 0 Å². The van der Waals surface area contributed by atoms with Crippen molar-refractivity contribution in [2.45, 2.75) is 40.5 Å². The second-order valence-corrected chi connectivity index (χ2v) is 6.56. The van der Waals surface area contributed by atoms with Crippen molar-refractivity contribution < 1.29 is 8.42 Å². The zero-order chi connectivity index (χ0) is 10.5. The highest BCUT2D eigenvalue weighted by Crippen LogP contribution is 2.19. The fraction of sp³-hybridized carbons (Fsp3) is 1.00. The third-order valence-electron chi connectivity index (χ3n) is 1.81. The van der Waals surface area contributed by atoms with Gasteiger partial charge >= 0.3 is 0 Å². The predicted molar refractivity (Wildman–Crippen MR) is 56.2 cm³/mol. The second-order valence-electron chi connectivity index (χ2n) is 4.46. The van der Waals surface area contributed by atoms with E-state index in [2.05, 4.69) is 25.5 Å². The summed E-state index contributed by atoms with van der Waals surface area (Å²) in [5, 5.41) is 0. The Bertz CT molecular complexity index is 226. The summed E-state index contributed by atoms with van der Waals surface area (Å²) in [5.41, 5.74) is 0.289. The van der Waals surface area contributed by atoms with E-state index in [1.165, 1.54) is 0 Å². The lowest BCUT2D eigenvalue weighted by Crippen LogP contribution is -2.26. The maximum atomic E-state index is 11.0. The molecule has 0 saturated heterocycles. The van der Waals surface area contributed by atoms with Crippen LogP contribution >= 0.6 is 0 Å². The Kier molecular flexibility index (Phi) is 4.92. The minimum Gasteiger partial charge on any atom is -0.215 e. The van der Waals surface area contributed by atoms with Crippen LogP contribution in [0.3, 0.4) is 0 Å². The van der Waals surface area contributed by atoms with Crippen LogP contribution in [-0.4, -0.2) is 20.7 Å². The number of hydrogen-bond acceptors (Lipinski definition) is 2. The smallest absolute Gasteiger partial charge is 0.211 e. The van der Waals surface area contributed by atoms with Gasteiger partial charge in [0, 0.05) is 6.54 Å². The molecule has 13 heavy (non-hydrogen) atoms. The fourth-order valence-electron chi connectivity index (χ4n) is 0.948. The maximum absolute atomic E-state index is 11.0. The van der Waals surface area contributed by atoms with E-state index in [1.807, 2.05) is 0 Å². The molecule has 0 aliphatic heterocycles. The van der Waals surface area contributed by atoms with Crippen molar-refractivity contribution in [3.63, 3.8) is 0 Å². The Morgan fingerprint density at radius 2 is 1.77 bits per heavy atom. The first-order valence-electron chi connectivity index (χ1n) is 4.74. The number of hydrogen-bond donors (Lipinski definition) is 1. The van der Waals surface area contributed by atoms with Gasteiger partial charge < -0.3 is 0 Å². The van der Waals surface area contributed by atoms with Gasteiger partial charge in [-0.25, -0.2) is 13.1 Å². The molecule has 1 N–H and O–H groups in total. The molecule has 0 aliphatic carbocycles. The van der Waals surface area contributed by atoms with E-state index in [1.54, 1.807) is 6.92 Å². The van der Waals surface area contributed by atoms with Gasteiger partial charge in [0.25, 0.3) is 0 Å². The summed E-state index contributed by atoms with van der Waals surface area (Å²) in [4.78, 5) is 0. The van der Waals surface area contributed by atoms with E-state index >= 15 is 0 Å². The zero-order valence-electron chi connectivity index (χ0n) is 9.05. The maximum Gasteiger partial charge on any atom is 0.211 e. The molecule has 0 bridgehead atoms. The molecule has 0 fully saturated rings. The Labute approximate surface area is 82.0 Å². The molecule has 0 aromatic heterocycles. The van der Waals surface area contributed by atoms with Crippen LogP contribution in [0, 0.1) is 5.41 Å².